The third kappa shape index (κ3) is 5.93. The van der Waals surface area contributed by atoms with Crippen molar-refractivity contribution in [2.24, 2.45) is 0 Å². The topological polar surface area (TPSA) is 75.4 Å². The molecule has 1 unspecified atom stereocenters. The molecule has 1 heterocycles. The van der Waals surface area contributed by atoms with E-state index in [4.69, 9.17) is 4.52 Å². The lowest BCUT2D eigenvalue weighted by Gasteiger charge is -2.21. The molecule has 0 aliphatic heterocycles. The van der Waals surface area contributed by atoms with Gasteiger partial charge in [-0.25, -0.2) is 0 Å². The maximum absolute atomic E-state index is 12.1. The number of hydrogen-bond acceptors (Lipinski definition) is 5. The summed E-state index contributed by atoms with van der Waals surface area (Å²) in [7, 11) is 0. The van der Waals surface area contributed by atoms with Crippen molar-refractivity contribution in [2.45, 2.75) is 32.9 Å². The van der Waals surface area contributed by atoms with Crippen molar-refractivity contribution < 1.29 is 14.1 Å². The molecule has 0 aliphatic carbocycles. The molecule has 0 aliphatic rings. The molecule has 6 nitrogen and oxygen atoms in total. The minimum atomic E-state index is -0.357. The van der Waals surface area contributed by atoms with E-state index >= 15 is 0 Å². The van der Waals surface area contributed by atoms with Gasteiger partial charge < -0.3 is 14.7 Å². The van der Waals surface area contributed by atoms with E-state index in [2.05, 4.69) is 17.1 Å². The molecule has 1 aromatic rings. The van der Waals surface area contributed by atoms with Crippen LogP contribution in [0.15, 0.2) is 22.7 Å². The van der Waals surface area contributed by atoms with Crippen LogP contribution in [0, 0.1) is 6.92 Å². The molecule has 0 spiro atoms. The van der Waals surface area contributed by atoms with E-state index in [0.717, 1.165) is 5.57 Å². The summed E-state index contributed by atoms with van der Waals surface area (Å²) in [6.45, 7) is 12.3. The monoisotopic (exact) mass is 325 g/mol. The highest BCUT2D eigenvalue weighted by atomic mass is 32.2. The normalized spacial score (nSPS) is 11.8. The number of thioether (sulfide) groups is 1. The summed E-state index contributed by atoms with van der Waals surface area (Å²) < 4.78 is 4.89. The zero-order chi connectivity index (χ0) is 16.7. The Labute approximate surface area is 135 Å². The first-order valence-corrected chi connectivity index (χ1v) is 8.16. The molecule has 0 bridgehead atoms. The molecule has 22 heavy (non-hydrogen) atoms. The van der Waals surface area contributed by atoms with Crippen LogP contribution in [0.1, 0.15) is 26.5 Å². The maximum atomic E-state index is 12.1. The van der Waals surface area contributed by atoms with Crippen molar-refractivity contribution in [3.8, 4) is 0 Å². The van der Waals surface area contributed by atoms with Crippen LogP contribution in [0.4, 0.5) is 5.82 Å². The molecular weight excluding hydrogens is 302 g/mol. The number of anilines is 1. The standard InChI is InChI=1S/C15H23N3O3S/c1-6-18(8-10(2)3)14(19)9-22-12(5)15(20)16-13-7-11(4)21-17-13/h7,12H,2,6,8-9H2,1,3-5H3,(H,16,17,20). The van der Waals surface area contributed by atoms with Crippen molar-refractivity contribution in [1.82, 2.24) is 10.1 Å². The number of amides is 2. The molecule has 122 valence electrons. The van der Waals surface area contributed by atoms with E-state index in [0.29, 0.717) is 24.7 Å². The summed E-state index contributed by atoms with van der Waals surface area (Å²) in [4.78, 5) is 25.8. The first-order valence-electron chi connectivity index (χ1n) is 7.11. The number of carbonyl (C=O) groups excluding carboxylic acids is 2. The van der Waals surface area contributed by atoms with Crippen LogP contribution in [0.25, 0.3) is 0 Å². The Morgan fingerprint density at radius 1 is 1.55 bits per heavy atom. The van der Waals surface area contributed by atoms with Gasteiger partial charge in [-0.15, -0.1) is 11.8 Å². The third-order valence-electron chi connectivity index (χ3n) is 2.90. The summed E-state index contributed by atoms with van der Waals surface area (Å²) in [6.07, 6.45) is 0. The van der Waals surface area contributed by atoms with Crippen LogP contribution in [0.3, 0.4) is 0 Å². The van der Waals surface area contributed by atoms with Crippen LogP contribution in [-0.4, -0.2) is 46.0 Å². The smallest absolute Gasteiger partial charge is 0.238 e. The molecule has 0 saturated heterocycles. The van der Waals surface area contributed by atoms with Gasteiger partial charge in [-0.3, -0.25) is 9.59 Å². The van der Waals surface area contributed by atoms with Crippen LogP contribution < -0.4 is 5.32 Å². The van der Waals surface area contributed by atoms with Gasteiger partial charge in [-0.05, 0) is 27.7 Å². The van der Waals surface area contributed by atoms with Crippen molar-refractivity contribution in [1.29, 1.82) is 0 Å². The van der Waals surface area contributed by atoms with E-state index < -0.39 is 0 Å². The van der Waals surface area contributed by atoms with Crippen molar-refractivity contribution in [2.75, 3.05) is 24.2 Å². The van der Waals surface area contributed by atoms with E-state index in [-0.39, 0.29) is 22.8 Å². The second-order valence-electron chi connectivity index (χ2n) is 5.13. The second-order valence-corrected chi connectivity index (χ2v) is 6.46. The van der Waals surface area contributed by atoms with Gasteiger partial charge in [-0.2, -0.15) is 0 Å². The van der Waals surface area contributed by atoms with Crippen LogP contribution >= 0.6 is 11.8 Å². The Morgan fingerprint density at radius 3 is 2.73 bits per heavy atom. The lowest BCUT2D eigenvalue weighted by molar-refractivity contribution is -0.127. The van der Waals surface area contributed by atoms with Crippen LogP contribution in [-0.2, 0) is 9.59 Å². The van der Waals surface area contributed by atoms with E-state index in [1.807, 2.05) is 13.8 Å². The Morgan fingerprint density at radius 2 is 2.23 bits per heavy atom. The fourth-order valence-electron chi connectivity index (χ4n) is 1.72. The number of aryl methyl sites for hydroxylation is 1. The highest BCUT2D eigenvalue weighted by Crippen LogP contribution is 2.15. The summed E-state index contributed by atoms with van der Waals surface area (Å²) in [6, 6.07) is 1.64. The number of carbonyl (C=O) groups is 2. The van der Waals surface area contributed by atoms with E-state index in [1.165, 1.54) is 11.8 Å². The molecule has 0 saturated carbocycles. The molecule has 1 N–H and O–H groups in total. The quantitative estimate of drug-likeness (QED) is 0.743. The SMILES string of the molecule is C=C(C)CN(CC)C(=O)CSC(C)C(=O)Nc1cc(C)on1. The van der Waals surface area contributed by atoms with Gasteiger partial charge in [0.25, 0.3) is 0 Å². The predicted octanol–water partition coefficient (Wildman–Crippen LogP) is 2.47. The number of likely N-dealkylation sites (N-methyl/N-ethyl adjacent to an activating group) is 1. The third-order valence-corrected chi connectivity index (χ3v) is 4.03. The summed E-state index contributed by atoms with van der Waals surface area (Å²) in [5.41, 5.74) is 0.937. The molecule has 2 amide bonds. The van der Waals surface area contributed by atoms with Gasteiger partial charge in [-0.1, -0.05) is 17.3 Å². The van der Waals surface area contributed by atoms with Gasteiger partial charge in [0, 0.05) is 19.2 Å². The van der Waals surface area contributed by atoms with Gasteiger partial charge >= 0.3 is 0 Å². The minimum absolute atomic E-state index is 0.00688. The first-order chi connectivity index (χ1) is 10.3. The highest BCUT2D eigenvalue weighted by Gasteiger charge is 2.19. The highest BCUT2D eigenvalue weighted by molar-refractivity contribution is 8.01. The predicted molar refractivity (Wildman–Crippen MR) is 88.9 cm³/mol. The number of nitrogens with zero attached hydrogens (tertiary/aromatic N) is 2. The van der Waals surface area contributed by atoms with Crippen LogP contribution in [0.5, 0.6) is 0 Å². The lowest BCUT2D eigenvalue weighted by atomic mass is 10.3. The summed E-state index contributed by atoms with van der Waals surface area (Å²) >= 11 is 1.30. The Bertz CT molecular complexity index is 542. The van der Waals surface area contributed by atoms with Crippen molar-refractivity contribution >= 4 is 29.4 Å². The molecule has 0 aromatic carbocycles. The van der Waals surface area contributed by atoms with Crippen molar-refractivity contribution in [3.63, 3.8) is 0 Å². The Kier molecular flexibility index (Phi) is 7.17. The van der Waals surface area contributed by atoms with E-state index in [1.54, 1.807) is 24.8 Å². The molecule has 0 fully saturated rings. The first kappa shape index (κ1) is 18.3. The zero-order valence-electron chi connectivity index (χ0n) is 13.5. The molecule has 1 rings (SSSR count). The number of rotatable bonds is 8. The Hall–Kier alpha value is -1.76. The largest absolute Gasteiger partial charge is 0.360 e. The lowest BCUT2D eigenvalue weighted by Crippen LogP contribution is -2.34. The number of hydrogen-bond donors (Lipinski definition) is 1. The molecule has 0 radical (unpaired) electrons. The van der Waals surface area contributed by atoms with Crippen LogP contribution in [0.2, 0.25) is 0 Å². The maximum Gasteiger partial charge on any atom is 0.238 e. The van der Waals surface area contributed by atoms with E-state index in [9.17, 15) is 9.59 Å². The van der Waals surface area contributed by atoms with Gasteiger partial charge in [0.1, 0.15) is 5.76 Å². The Balaban J connectivity index is 2.43. The fourth-order valence-corrected chi connectivity index (χ4v) is 2.50. The molecule has 1 aromatic heterocycles. The second kappa shape index (κ2) is 8.63. The summed E-state index contributed by atoms with van der Waals surface area (Å²) in [5, 5.41) is 6.01. The van der Waals surface area contributed by atoms with Gasteiger partial charge in [0.15, 0.2) is 5.82 Å². The van der Waals surface area contributed by atoms with Gasteiger partial charge in [0.05, 0.1) is 11.0 Å². The fraction of sp³-hybridized carbons (Fsp3) is 0.533. The average Bonchev–Trinajstić information content (AvgIpc) is 2.86. The molecule has 7 heteroatoms. The average molecular weight is 325 g/mol. The minimum Gasteiger partial charge on any atom is -0.360 e. The van der Waals surface area contributed by atoms with Gasteiger partial charge in [0.2, 0.25) is 11.8 Å². The zero-order valence-corrected chi connectivity index (χ0v) is 14.3. The summed E-state index contributed by atoms with van der Waals surface area (Å²) in [5.74, 6) is 1.08. The molecule has 1 atom stereocenters. The number of nitrogens with one attached hydrogen (secondary N) is 1. The molecular formula is C15H23N3O3S. The van der Waals surface area contributed by atoms with Crippen molar-refractivity contribution in [3.05, 3.63) is 24.0 Å². The number of aromatic nitrogens is 1.